The Bertz CT molecular complexity index is 1290. The highest BCUT2D eigenvalue weighted by atomic mass is 35.5. The number of sulfonamides is 2. The third-order valence-corrected chi connectivity index (χ3v) is 8.97. The molecular formula is C22H26ClN3O7S2. The van der Waals surface area contributed by atoms with Crippen LogP contribution in [0.15, 0.2) is 47.4 Å². The molecule has 2 aromatic rings. The highest BCUT2D eigenvalue weighted by Crippen LogP contribution is 2.37. The van der Waals surface area contributed by atoms with E-state index < -0.39 is 32.1 Å². The van der Waals surface area contributed by atoms with Crippen molar-refractivity contribution in [1.29, 1.82) is 0 Å². The second-order valence-corrected chi connectivity index (χ2v) is 12.5. The van der Waals surface area contributed by atoms with Gasteiger partial charge in [-0.2, -0.15) is 4.31 Å². The minimum atomic E-state index is -3.66. The summed E-state index contributed by atoms with van der Waals surface area (Å²) in [6.07, 6.45) is 1.73. The lowest BCUT2D eigenvalue weighted by atomic mass is 10.2. The molecule has 2 aliphatic heterocycles. The first-order valence-corrected chi connectivity index (χ1v) is 14.7. The van der Waals surface area contributed by atoms with Crippen LogP contribution in [0.25, 0.3) is 0 Å². The number of hydrogen-bond acceptors (Lipinski definition) is 7. The van der Waals surface area contributed by atoms with Crippen LogP contribution in [-0.4, -0.2) is 72.2 Å². The average Bonchev–Trinajstić information content (AvgIpc) is 3.37. The van der Waals surface area contributed by atoms with Crippen molar-refractivity contribution in [3.63, 3.8) is 0 Å². The van der Waals surface area contributed by atoms with Crippen LogP contribution in [0.3, 0.4) is 0 Å². The van der Waals surface area contributed by atoms with Crippen molar-refractivity contribution < 1.29 is 31.1 Å². The van der Waals surface area contributed by atoms with Gasteiger partial charge in [0.05, 0.1) is 29.9 Å². The Kier molecular flexibility index (Phi) is 7.46. The third kappa shape index (κ3) is 5.83. The van der Waals surface area contributed by atoms with Gasteiger partial charge >= 0.3 is 0 Å². The van der Waals surface area contributed by atoms with E-state index >= 15 is 0 Å². The molecular weight excluding hydrogens is 518 g/mol. The molecule has 0 aromatic heterocycles. The summed E-state index contributed by atoms with van der Waals surface area (Å²) in [5.74, 6) is 0.212. The monoisotopic (exact) mass is 543 g/mol. The number of ether oxygens (including phenoxy) is 2. The van der Waals surface area contributed by atoms with Gasteiger partial charge in [-0.1, -0.05) is 11.6 Å². The third-order valence-electron chi connectivity index (χ3n) is 5.68. The number of carbonyl (C=O) groups excluding carboxylic acids is 1. The summed E-state index contributed by atoms with van der Waals surface area (Å²) < 4.78 is 63.5. The van der Waals surface area contributed by atoms with Crippen LogP contribution in [0.4, 0.5) is 5.69 Å². The number of hydrogen-bond donors (Lipinski definition) is 1. The lowest BCUT2D eigenvalue weighted by Crippen LogP contribution is -2.51. The molecule has 0 aliphatic carbocycles. The standard InChI is InChI=1S/C22H26ClN3O7S2/c1-34(28,29)26-15-21(33-20-9-4-16(23)14-19(20)26)22(27)24-10-13-32-17-5-7-18(8-6-17)35(30,31)25-11-2-3-12-25/h4-9,14,21H,2-3,10-13,15H2,1H3,(H,24,27)/t21-/m1/s1. The highest BCUT2D eigenvalue weighted by Gasteiger charge is 2.35. The molecule has 2 aromatic carbocycles. The van der Waals surface area contributed by atoms with E-state index in [0.717, 1.165) is 23.4 Å². The lowest BCUT2D eigenvalue weighted by molar-refractivity contribution is -0.127. The van der Waals surface area contributed by atoms with Gasteiger partial charge in [0.15, 0.2) is 6.10 Å². The smallest absolute Gasteiger partial charge is 0.263 e. The molecule has 0 unspecified atom stereocenters. The minimum absolute atomic E-state index is 0.124. The molecule has 1 saturated heterocycles. The number of nitrogens with zero attached hydrogens (tertiary/aromatic N) is 2. The molecule has 190 valence electrons. The van der Waals surface area contributed by atoms with Crippen molar-refractivity contribution in [2.24, 2.45) is 0 Å². The zero-order valence-electron chi connectivity index (χ0n) is 19.0. The Labute approximate surface area is 209 Å². The molecule has 4 rings (SSSR count). The SMILES string of the molecule is CS(=O)(=O)N1C[C@H](C(=O)NCCOc2ccc(S(=O)(=O)N3CCCC3)cc2)Oc2ccc(Cl)cc21. The Balaban J connectivity index is 1.30. The second kappa shape index (κ2) is 10.2. The maximum Gasteiger partial charge on any atom is 0.263 e. The molecule has 2 heterocycles. The van der Waals surface area contributed by atoms with Crippen molar-refractivity contribution in [2.45, 2.75) is 23.8 Å². The quantitative estimate of drug-likeness (QED) is 0.504. The van der Waals surface area contributed by atoms with E-state index in [1.54, 1.807) is 18.2 Å². The van der Waals surface area contributed by atoms with Crippen molar-refractivity contribution in [2.75, 3.05) is 43.3 Å². The number of rotatable bonds is 8. The molecule has 0 spiro atoms. The molecule has 35 heavy (non-hydrogen) atoms. The molecule has 13 heteroatoms. The summed E-state index contributed by atoms with van der Waals surface area (Å²) in [5, 5.41) is 3.02. The van der Waals surface area contributed by atoms with Gasteiger partial charge in [0, 0.05) is 18.1 Å². The predicted molar refractivity (Wildman–Crippen MR) is 131 cm³/mol. The molecule has 1 N–H and O–H groups in total. The van der Waals surface area contributed by atoms with E-state index in [1.165, 1.54) is 28.6 Å². The van der Waals surface area contributed by atoms with E-state index in [-0.39, 0.29) is 36.0 Å². The number of fused-ring (bicyclic) bond motifs is 1. The van der Waals surface area contributed by atoms with Crippen LogP contribution in [0.2, 0.25) is 5.02 Å². The first kappa shape index (κ1) is 25.5. The van der Waals surface area contributed by atoms with E-state index in [2.05, 4.69) is 5.32 Å². The molecule has 1 atom stereocenters. The van der Waals surface area contributed by atoms with Crippen molar-refractivity contribution in [3.8, 4) is 11.5 Å². The second-order valence-electron chi connectivity index (χ2n) is 8.23. The first-order valence-electron chi connectivity index (χ1n) is 11.0. The van der Waals surface area contributed by atoms with Crippen molar-refractivity contribution in [3.05, 3.63) is 47.5 Å². The largest absolute Gasteiger partial charge is 0.492 e. The maximum absolute atomic E-state index is 12.6. The summed E-state index contributed by atoms with van der Waals surface area (Å²) in [4.78, 5) is 12.8. The normalized spacial score (nSPS) is 18.6. The molecule has 10 nitrogen and oxygen atoms in total. The topological polar surface area (TPSA) is 122 Å². The summed E-state index contributed by atoms with van der Waals surface area (Å²) in [6.45, 7) is 1.14. The summed E-state index contributed by atoms with van der Waals surface area (Å²) in [5.41, 5.74) is 0.280. The van der Waals surface area contributed by atoms with Gasteiger partial charge in [0.25, 0.3) is 5.91 Å². The van der Waals surface area contributed by atoms with Gasteiger partial charge in [-0.3, -0.25) is 9.10 Å². The Morgan fingerprint density at radius 1 is 1.11 bits per heavy atom. The summed E-state index contributed by atoms with van der Waals surface area (Å²) in [7, 11) is -7.15. The van der Waals surface area contributed by atoms with E-state index in [9.17, 15) is 21.6 Å². The minimum Gasteiger partial charge on any atom is -0.492 e. The fourth-order valence-electron chi connectivity index (χ4n) is 3.92. The summed E-state index contributed by atoms with van der Waals surface area (Å²) in [6, 6.07) is 10.7. The maximum atomic E-state index is 12.6. The van der Waals surface area contributed by atoms with Crippen LogP contribution in [0.1, 0.15) is 12.8 Å². The van der Waals surface area contributed by atoms with Gasteiger partial charge < -0.3 is 14.8 Å². The number of amides is 1. The zero-order valence-corrected chi connectivity index (χ0v) is 21.4. The van der Waals surface area contributed by atoms with Crippen LogP contribution in [0.5, 0.6) is 11.5 Å². The molecule has 0 saturated carbocycles. The molecule has 0 radical (unpaired) electrons. The molecule has 2 aliphatic rings. The number of anilines is 1. The van der Waals surface area contributed by atoms with Crippen LogP contribution in [0, 0.1) is 0 Å². The first-order chi connectivity index (χ1) is 16.6. The van der Waals surface area contributed by atoms with Gasteiger partial charge in [-0.25, -0.2) is 16.8 Å². The highest BCUT2D eigenvalue weighted by molar-refractivity contribution is 7.92. The van der Waals surface area contributed by atoms with Crippen LogP contribution < -0.4 is 19.1 Å². The van der Waals surface area contributed by atoms with E-state index in [0.29, 0.717) is 23.9 Å². The van der Waals surface area contributed by atoms with Crippen LogP contribution >= 0.6 is 11.6 Å². The molecule has 1 amide bonds. The summed E-state index contributed by atoms with van der Waals surface area (Å²) >= 11 is 5.98. The number of halogens is 1. The van der Waals surface area contributed by atoms with Crippen molar-refractivity contribution >= 4 is 43.2 Å². The molecule has 0 bridgehead atoms. The fourth-order valence-corrected chi connectivity index (χ4v) is 6.51. The Morgan fingerprint density at radius 3 is 2.46 bits per heavy atom. The van der Waals surface area contributed by atoms with Gasteiger partial charge in [-0.15, -0.1) is 0 Å². The fraction of sp³-hybridized carbons (Fsp3) is 0.409. The lowest BCUT2D eigenvalue weighted by Gasteiger charge is -2.34. The zero-order chi connectivity index (χ0) is 25.2. The van der Waals surface area contributed by atoms with Crippen LogP contribution in [-0.2, 0) is 24.8 Å². The van der Waals surface area contributed by atoms with E-state index in [4.69, 9.17) is 21.1 Å². The van der Waals surface area contributed by atoms with Gasteiger partial charge in [0.1, 0.15) is 18.1 Å². The average molecular weight is 544 g/mol. The Hall–Kier alpha value is -2.54. The van der Waals surface area contributed by atoms with Gasteiger partial charge in [-0.05, 0) is 55.3 Å². The number of benzene rings is 2. The molecule has 1 fully saturated rings. The number of nitrogens with one attached hydrogen (secondary N) is 1. The predicted octanol–water partition coefficient (Wildman–Crippen LogP) is 1.85. The van der Waals surface area contributed by atoms with Gasteiger partial charge in [0.2, 0.25) is 20.0 Å². The van der Waals surface area contributed by atoms with Crippen molar-refractivity contribution in [1.82, 2.24) is 9.62 Å². The van der Waals surface area contributed by atoms with E-state index in [1.807, 2.05) is 0 Å². The Morgan fingerprint density at radius 2 is 1.80 bits per heavy atom. The number of carbonyl (C=O) groups is 1.